The molecule has 0 saturated heterocycles. The zero-order valence-electron chi connectivity index (χ0n) is 15.0. The normalized spacial score (nSPS) is 11.6. The average Bonchev–Trinajstić information content (AvgIpc) is 3.19. The van der Waals surface area contributed by atoms with Crippen LogP contribution in [-0.4, -0.2) is 22.0 Å². The number of thioether (sulfide) groups is 1. The largest absolute Gasteiger partial charge is 0.322 e. The minimum absolute atomic E-state index is 0.108. The molecule has 0 saturated carbocycles. The summed E-state index contributed by atoms with van der Waals surface area (Å²) in [6.45, 7) is 1.94. The van der Waals surface area contributed by atoms with Crippen LogP contribution in [0, 0.1) is 5.82 Å². The van der Waals surface area contributed by atoms with Gasteiger partial charge in [-0.15, -0.1) is 23.1 Å². The fourth-order valence-corrected chi connectivity index (χ4v) is 3.95. The third-order valence-electron chi connectivity index (χ3n) is 3.80. The van der Waals surface area contributed by atoms with E-state index in [1.165, 1.54) is 47.4 Å². The summed E-state index contributed by atoms with van der Waals surface area (Å²) in [5, 5.41) is 7.70. The number of amides is 2. The molecule has 0 spiro atoms. The third-order valence-corrected chi connectivity index (χ3v) is 5.85. The van der Waals surface area contributed by atoms with Gasteiger partial charge in [-0.1, -0.05) is 13.0 Å². The van der Waals surface area contributed by atoms with Gasteiger partial charge in [-0.05, 0) is 48.9 Å². The molecule has 1 aromatic heterocycles. The zero-order valence-corrected chi connectivity index (χ0v) is 16.6. The maximum Gasteiger partial charge on any atom is 0.255 e. The number of aromatic nitrogens is 1. The Hall–Kier alpha value is -2.71. The highest BCUT2D eigenvalue weighted by atomic mass is 32.2. The molecule has 0 radical (unpaired) electrons. The first-order chi connectivity index (χ1) is 13.5. The number of carbonyl (C=O) groups excluding carboxylic acids is 2. The second-order valence-electron chi connectivity index (χ2n) is 5.83. The number of carbonyl (C=O) groups is 2. The summed E-state index contributed by atoms with van der Waals surface area (Å²) in [6.07, 6.45) is 2.29. The van der Waals surface area contributed by atoms with Crippen LogP contribution >= 0.6 is 23.1 Å². The van der Waals surface area contributed by atoms with E-state index in [4.69, 9.17) is 0 Å². The van der Waals surface area contributed by atoms with Crippen LogP contribution in [0.15, 0.2) is 65.0 Å². The van der Waals surface area contributed by atoms with Crippen molar-refractivity contribution in [1.82, 2.24) is 4.98 Å². The van der Waals surface area contributed by atoms with Crippen molar-refractivity contribution in [1.29, 1.82) is 0 Å². The van der Waals surface area contributed by atoms with E-state index in [1.54, 1.807) is 17.6 Å². The Kier molecular flexibility index (Phi) is 6.78. The molecule has 144 valence electrons. The fraction of sp³-hybridized carbons (Fsp3) is 0.150. The molecule has 0 bridgehead atoms. The molecule has 5 nitrogen and oxygen atoms in total. The minimum Gasteiger partial charge on any atom is -0.322 e. The number of nitrogens with one attached hydrogen (secondary N) is 2. The van der Waals surface area contributed by atoms with Crippen LogP contribution in [0.3, 0.4) is 0 Å². The Balaban J connectivity index is 1.65. The van der Waals surface area contributed by atoms with Crippen LogP contribution in [0.2, 0.25) is 0 Å². The Morgan fingerprint density at radius 3 is 2.64 bits per heavy atom. The van der Waals surface area contributed by atoms with E-state index in [-0.39, 0.29) is 17.1 Å². The summed E-state index contributed by atoms with van der Waals surface area (Å²) in [5.41, 5.74) is 0.975. The summed E-state index contributed by atoms with van der Waals surface area (Å²) >= 11 is 2.79. The molecule has 0 aliphatic carbocycles. The van der Waals surface area contributed by atoms with Gasteiger partial charge < -0.3 is 10.6 Å². The van der Waals surface area contributed by atoms with Gasteiger partial charge in [-0.25, -0.2) is 9.37 Å². The number of hydrogen-bond donors (Lipinski definition) is 2. The van der Waals surface area contributed by atoms with Crippen LogP contribution < -0.4 is 10.6 Å². The van der Waals surface area contributed by atoms with Crippen molar-refractivity contribution in [2.24, 2.45) is 0 Å². The summed E-state index contributed by atoms with van der Waals surface area (Å²) in [5.74, 6) is -0.824. The van der Waals surface area contributed by atoms with Gasteiger partial charge in [-0.3, -0.25) is 9.59 Å². The van der Waals surface area contributed by atoms with Crippen molar-refractivity contribution in [3.63, 3.8) is 0 Å². The molecule has 2 aromatic carbocycles. The first-order valence-corrected chi connectivity index (χ1v) is 10.3. The third kappa shape index (κ3) is 5.40. The predicted molar refractivity (Wildman–Crippen MR) is 111 cm³/mol. The molecule has 0 aliphatic heterocycles. The summed E-state index contributed by atoms with van der Waals surface area (Å²) in [6, 6.07) is 12.6. The number of anilines is 2. The molecule has 1 unspecified atom stereocenters. The lowest BCUT2D eigenvalue weighted by molar-refractivity contribution is -0.115. The SMILES string of the molecule is CCC(Sc1cccc(NC(=O)c2ccc(F)cc2)c1)C(=O)Nc1nccs1. The average molecular weight is 416 g/mol. The highest BCUT2D eigenvalue weighted by Gasteiger charge is 2.19. The van der Waals surface area contributed by atoms with Crippen LogP contribution in [-0.2, 0) is 4.79 Å². The maximum atomic E-state index is 13.0. The van der Waals surface area contributed by atoms with Crippen LogP contribution in [0.4, 0.5) is 15.2 Å². The smallest absolute Gasteiger partial charge is 0.255 e. The number of benzene rings is 2. The van der Waals surface area contributed by atoms with E-state index < -0.39 is 5.82 Å². The van der Waals surface area contributed by atoms with Gasteiger partial charge in [0.25, 0.3) is 5.91 Å². The quantitative estimate of drug-likeness (QED) is 0.530. The Morgan fingerprint density at radius 2 is 1.96 bits per heavy atom. The molecule has 3 aromatic rings. The molecule has 2 amide bonds. The standard InChI is InChI=1S/C20H18FN3O2S2/c1-2-17(19(26)24-20-22-10-11-27-20)28-16-5-3-4-15(12-16)23-18(25)13-6-8-14(21)9-7-13/h3-12,17H,2H2,1H3,(H,23,25)(H,22,24,26). The van der Waals surface area contributed by atoms with Crippen molar-refractivity contribution in [2.45, 2.75) is 23.5 Å². The number of hydrogen-bond acceptors (Lipinski definition) is 5. The monoisotopic (exact) mass is 415 g/mol. The van der Waals surface area contributed by atoms with Gasteiger partial charge >= 0.3 is 0 Å². The van der Waals surface area contributed by atoms with Crippen molar-refractivity contribution in [3.05, 3.63) is 71.5 Å². The lowest BCUT2D eigenvalue weighted by Gasteiger charge is -2.14. The molecule has 1 atom stereocenters. The lowest BCUT2D eigenvalue weighted by Crippen LogP contribution is -2.24. The molecule has 3 rings (SSSR count). The van der Waals surface area contributed by atoms with E-state index in [0.29, 0.717) is 22.8 Å². The van der Waals surface area contributed by atoms with E-state index >= 15 is 0 Å². The fourth-order valence-electron chi connectivity index (χ4n) is 2.41. The minimum atomic E-state index is -0.392. The first kappa shape index (κ1) is 20.0. The number of halogens is 1. The van der Waals surface area contributed by atoms with Crippen LogP contribution in [0.5, 0.6) is 0 Å². The van der Waals surface area contributed by atoms with Gasteiger partial charge in [0.05, 0.1) is 5.25 Å². The van der Waals surface area contributed by atoms with E-state index in [2.05, 4.69) is 15.6 Å². The molecular weight excluding hydrogens is 397 g/mol. The van der Waals surface area contributed by atoms with Gasteiger partial charge in [0.1, 0.15) is 5.82 Å². The maximum absolute atomic E-state index is 13.0. The number of rotatable bonds is 7. The Labute approximate surface area is 170 Å². The van der Waals surface area contributed by atoms with Gasteiger partial charge in [0.15, 0.2) is 5.13 Å². The molecular formula is C20H18FN3O2S2. The molecule has 0 aliphatic rings. The van der Waals surface area contributed by atoms with E-state index in [0.717, 1.165) is 4.90 Å². The molecule has 0 fully saturated rings. The summed E-state index contributed by atoms with van der Waals surface area (Å²) in [4.78, 5) is 29.7. The molecule has 1 heterocycles. The topological polar surface area (TPSA) is 71.1 Å². The van der Waals surface area contributed by atoms with Crippen molar-refractivity contribution in [2.75, 3.05) is 10.6 Å². The van der Waals surface area contributed by atoms with Crippen molar-refractivity contribution >= 4 is 45.7 Å². The zero-order chi connectivity index (χ0) is 19.9. The molecule has 28 heavy (non-hydrogen) atoms. The van der Waals surface area contributed by atoms with E-state index in [1.807, 2.05) is 25.1 Å². The van der Waals surface area contributed by atoms with Crippen LogP contribution in [0.25, 0.3) is 0 Å². The predicted octanol–water partition coefficient (Wildman–Crippen LogP) is 5.04. The van der Waals surface area contributed by atoms with Crippen molar-refractivity contribution < 1.29 is 14.0 Å². The highest BCUT2D eigenvalue weighted by molar-refractivity contribution is 8.00. The Bertz CT molecular complexity index is 946. The van der Waals surface area contributed by atoms with E-state index in [9.17, 15) is 14.0 Å². The number of nitrogens with zero attached hydrogens (tertiary/aromatic N) is 1. The molecule has 2 N–H and O–H groups in total. The van der Waals surface area contributed by atoms with Crippen LogP contribution in [0.1, 0.15) is 23.7 Å². The molecule has 8 heteroatoms. The Morgan fingerprint density at radius 1 is 1.18 bits per heavy atom. The number of thiazole rings is 1. The lowest BCUT2D eigenvalue weighted by atomic mass is 10.2. The summed E-state index contributed by atoms with van der Waals surface area (Å²) < 4.78 is 13.0. The van der Waals surface area contributed by atoms with Crippen molar-refractivity contribution in [3.8, 4) is 0 Å². The summed E-state index contributed by atoms with van der Waals surface area (Å²) in [7, 11) is 0. The van der Waals surface area contributed by atoms with Gasteiger partial charge in [0.2, 0.25) is 5.91 Å². The second kappa shape index (κ2) is 9.48. The van der Waals surface area contributed by atoms with Gasteiger partial charge in [-0.2, -0.15) is 0 Å². The van der Waals surface area contributed by atoms with Gasteiger partial charge in [0, 0.05) is 27.7 Å². The first-order valence-electron chi connectivity index (χ1n) is 8.59. The highest BCUT2D eigenvalue weighted by Crippen LogP contribution is 2.29. The second-order valence-corrected chi connectivity index (χ2v) is 8.00.